The zero-order valence-corrected chi connectivity index (χ0v) is 20.5. The summed E-state index contributed by atoms with van der Waals surface area (Å²) in [5, 5.41) is 11.3. The summed E-state index contributed by atoms with van der Waals surface area (Å²) in [6.45, 7) is 8.31. The van der Waals surface area contributed by atoms with Gasteiger partial charge in [0.1, 0.15) is 6.73 Å². The molecule has 10 heteroatoms. The number of carbonyl (C=O) groups excluding carboxylic acids is 2. The van der Waals surface area contributed by atoms with Crippen molar-refractivity contribution in [1.82, 2.24) is 4.90 Å². The van der Waals surface area contributed by atoms with Crippen molar-refractivity contribution in [1.29, 1.82) is 0 Å². The van der Waals surface area contributed by atoms with Gasteiger partial charge in [0, 0.05) is 35.1 Å². The molecule has 1 aromatic rings. The van der Waals surface area contributed by atoms with Crippen LogP contribution in [0.3, 0.4) is 0 Å². The van der Waals surface area contributed by atoms with E-state index in [2.05, 4.69) is 15.9 Å². The number of carbonyl (C=O) groups is 2. The van der Waals surface area contributed by atoms with Crippen LogP contribution in [0.15, 0.2) is 45.7 Å². The van der Waals surface area contributed by atoms with E-state index in [1.165, 1.54) is 19.2 Å². The molecule has 0 aromatic heterocycles. The fraction of sp³-hybridized carbons (Fsp3) is 0.455. The first-order chi connectivity index (χ1) is 14.9. The van der Waals surface area contributed by atoms with Crippen molar-refractivity contribution in [2.24, 2.45) is 5.41 Å². The van der Waals surface area contributed by atoms with Gasteiger partial charge in [-0.15, -0.1) is 0 Å². The highest BCUT2D eigenvalue weighted by atomic mass is 79.9. The summed E-state index contributed by atoms with van der Waals surface area (Å²) in [5.74, 6) is -1.85. The van der Waals surface area contributed by atoms with Gasteiger partial charge < -0.3 is 19.1 Å². The molecule has 0 saturated heterocycles. The van der Waals surface area contributed by atoms with E-state index >= 15 is 0 Å². The van der Waals surface area contributed by atoms with Gasteiger partial charge in [-0.1, -0.05) is 28.1 Å². The summed E-state index contributed by atoms with van der Waals surface area (Å²) in [6.07, 6.45) is 0. The molecule has 0 saturated carbocycles. The van der Waals surface area contributed by atoms with E-state index in [9.17, 15) is 19.7 Å². The van der Waals surface area contributed by atoms with E-state index in [1.54, 1.807) is 44.7 Å². The molecule has 2 rings (SSSR count). The zero-order valence-electron chi connectivity index (χ0n) is 18.9. The number of non-ortho nitro benzene ring substituents is 1. The summed E-state index contributed by atoms with van der Waals surface area (Å²) in [5.41, 5.74) is 1.32. The molecule has 1 aliphatic rings. The second-order valence-corrected chi connectivity index (χ2v) is 9.15. The molecule has 174 valence electrons. The lowest BCUT2D eigenvalue weighted by molar-refractivity contribution is -0.384. The zero-order chi connectivity index (χ0) is 24.2. The van der Waals surface area contributed by atoms with Crippen LogP contribution in [-0.4, -0.2) is 42.4 Å². The third-order valence-corrected chi connectivity index (χ3v) is 6.00. The largest absolute Gasteiger partial charge is 0.427 e. The lowest BCUT2D eigenvalue weighted by Gasteiger charge is -2.36. The Hall–Kier alpha value is -2.72. The number of allylic oxidation sites excluding steroid dienone is 3. The normalized spacial score (nSPS) is 16.8. The topological polar surface area (TPSA) is 108 Å². The summed E-state index contributed by atoms with van der Waals surface area (Å²) in [4.78, 5) is 37.7. The van der Waals surface area contributed by atoms with Crippen LogP contribution in [0.1, 0.15) is 46.1 Å². The highest BCUT2D eigenvalue weighted by Gasteiger charge is 2.37. The molecule has 0 N–H and O–H groups in total. The highest BCUT2D eigenvalue weighted by Crippen LogP contribution is 2.45. The van der Waals surface area contributed by atoms with Crippen molar-refractivity contribution in [3.8, 4) is 0 Å². The van der Waals surface area contributed by atoms with E-state index in [0.717, 1.165) is 5.70 Å². The van der Waals surface area contributed by atoms with Crippen molar-refractivity contribution in [3.05, 3.63) is 61.4 Å². The molecule has 0 radical (unpaired) electrons. The first-order valence-electron chi connectivity index (χ1n) is 9.82. The average molecular weight is 511 g/mol. The van der Waals surface area contributed by atoms with Crippen LogP contribution in [0.4, 0.5) is 5.69 Å². The first kappa shape index (κ1) is 25.5. The number of esters is 2. The predicted molar refractivity (Wildman–Crippen MR) is 120 cm³/mol. The van der Waals surface area contributed by atoms with Crippen LogP contribution in [0.2, 0.25) is 0 Å². The Kier molecular flexibility index (Phi) is 8.19. The summed E-state index contributed by atoms with van der Waals surface area (Å²) in [6, 6.07) is 6.08. The molecule has 9 nitrogen and oxygen atoms in total. The smallest absolute Gasteiger partial charge is 0.339 e. The van der Waals surface area contributed by atoms with Gasteiger partial charge in [-0.3, -0.25) is 14.9 Å². The Morgan fingerprint density at radius 1 is 1.19 bits per heavy atom. The number of nitro groups is 1. The van der Waals surface area contributed by atoms with Gasteiger partial charge in [-0.2, -0.15) is 0 Å². The van der Waals surface area contributed by atoms with Crippen LogP contribution < -0.4 is 0 Å². The number of rotatable bonds is 7. The fourth-order valence-electron chi connectivity index (χ4n) is 3.22. The van der Waals surface area contributed by atoms with Crippen LogP contribution >= 0.6 is 15.9 Å². The molecule has 1 heterocycles. The lowest BCUT2D eigenvalue weighted by atomic mass is 9.86. The van der Waals surface area contributed by atoms with Crippen LogP contribution in [0.5, 0.6) is 0 Å². The number of nitro benzene ring substituents is 1. The van der Waals surface area contributed by atoms with Gasteiger partial charge >= 0.3 is 11.9 Å². The molecule has 1 aromatic carbocycles. The number of methoxy groups -OCH3 is 1. The lowest BCUT2D eigenvalue weighted by Crippen LogP contribution is -2.33. The van der Waals surface area contributed by atoms with Gasteiger partial charge in [0.25, 0.3) is 5.69 Å². The molecular weight excluding hydrogens is 484 g/mol. The summed E-state index contributed by atoms with van der Waals surface area (Å²) < 4.78 is 16.2. The van der Waals surface area contributed by atoms with E-state index < -0.39 is 35.0 Å². The second kappa shape index (κ2) is 10.3. The van der Waals surface area contributed by atoms with E-state index in [4.69, 9.17) is 14.2 Å². The van der Waals surface area contributed by atoms with Crippen molar-refractivity contribution in [2.45, 2.75) is 40.5 Å². The third-order valence-electron chi connectivity index (χ3n) is 4.97. The van der Waals surface area contributed by atoms with Crippen LogP contribution in [0.25, 0.3) is 0 Å². The number of benzene rings is 1. The Bertz CT molecular complexity index is 979. The molecule has 0 aliphatic carbocycles. The number of nitrogens with zero attached hydrogens (tertiary/aromatic N) is 2. The molecule has 1 atom stereocenters. The van der Waals surface area contributed by atoms with Crippen molar-refractivity contribution in [3.63, 3.8) is 0 Å². The maximum absolute atomic E-state index is 13.1. The monoisotopic (exact) mass is 510 g/mol. The SMILES string of the molecule is COCN1C(C)=C(Br)[C@@H](c2cccc([N+](=O)[O-])c2)C(C(=O)OCOC(=O)C(C)(C)C)=C1C. The molecule has 0 bridgehead atoms. The maximum atomic E-state index is 13.1. The third kappa shape index (κ3) is 5.55. The molecule has 1 aliphatic heterocycles. The van der Waals surface area contributed by atoms with Gasteiger partial charge in [-0.05, 0) is 40.2 Å². The number of ether oxygens (including phenoxy) is 3. The Morgan fingerprint density at radius 3 is 2.41 bits per heavy atom. The van der Waals surface area contributed by atoms with Crippen molar-refractivity contribution in [2.75, 3.05) is 20.6 Å². The second-order valence-electron chi connectivity index (χ2n) is 8.29. The number of hydrogen-bond donors (Lipinski definition) is 0. The number of halogens is 1. The Balaban J connectivity index is 2.45. The van der Waals surface area contributed by atoms with Crippen LogP contribution in [-0.2, 0) is 23.8 Å². The fourth-order valence-corrected chi connectivity index (χ4v) is 3.93. The van der Waals surface area contributed by atoms with Crippen LogP contribution in [0, 0.1) is 15.5 Å². The minimum Gasteiger partial charge on any atom is -0.427 e. The minimum atomic E-state index is -0.740. The predicted octanol–water partition coefficient (Wildman–Crippen LogP) is 4.59. The average Bonchev–Trinajstić information content (AvgIpc) is 2.72. The molecule has 0 amide bonds. The van der Waals surface area contributed by atoms with E-state index in [-0.39, 0.29) is 18.0 Å². The Morgan fingerprint density at radius 2 is 1.84 bits per heavy atom. The van der Waals surface area contributed by atoms with Gasteiger partial charge in [0.05, 0.1) is 21.8 Å². The summed E-state index contributed by atoms with van der Waals surface area (Å²) in [7, 11) is 1.53. The quantitative estimate of drug-likeness (QED) is 0.227. The molecule has 0 unspecified atom stereocenters. The molecular formula is C22H27BrN2O7. The standard InChI is InChI=1S/C22H27BrN2O7/c1-13-17(20(26)31-12-32-21(27)22(3,4)5)18(19(23)14(2)24(13)11-30-6)15-8-7-9-16(10-15)25(28)29/h7-10,18H,11-12H2,1-6H3/t18-/m0/s1. The van der Waals surface area contributed by atoms with E-state index in [1.807, 2.05) is 6.92 Å². The molecule has 0 spiro atoms. The Labute approximate surface area is 195 Å². The minimum absolute atomic E-state index is 0.0933. The van der Waals surface area contributed by atoms with Gasteiger partial charge in [0.2, 0.25) is 6.79 Å². The summed E-state index contributed by atoms with van der Waals surface area (Å²) >= 11 is 3.57. The first-order valence-corrected chi connectivity index (χ1v) is 10.6. The van der Waals surface area contributed by atoms with Gasteiger partial charge in [0.15, 0.2) is 0 Å². The van der Waals surface area contributed by atoms with Crippen molar-refractivity contribution < 1.29 is 28.7 Å². The highest BCUT2D eigenvalue weighted by molar-refractivity contribution is 9.11. The molecule has 32 heavy (non-hydrogen) atoms. The number of hydrogen-bond acceptors (Lipinski definition) is 8. The van der Waals surface area contributed by atoms with Crippen molar-refractivity contribution >= 4 is 33.6 Å². The van der Waals surface area contributed by atoms with Gasteiger partial charge in [-0.25, -0.2) is 4.79 Å². The van der Waals surface area contributed by atoms with E-state index in [0.29, 0.717) is 15.7 Å². The molecule has 0 fully saturated rings. The maximum Gasteiger partial charge on any atom is 0.339 e.